The number of benzene rings is 1. The second-order valence-electron chi connectivity index (χ2n) is 4.35. The molecule has 0 bridgehead atoms. The summed E-state index contributed by atoms with van der Waals surface area (Å²) in [5, 5.41) is 10.9. The Labute approximate surface area is 114 Å². The maximum absolute atomic E-state index is 10.9. The first-order valence-electron chi connectivity index (χ1n) is 6.01. The zero-order chi connectivity index (χ0) is 13.2. The van der Waals surface area contributed by atoms with Gasteiger partial charge in [-0.2, -0.15) is 0 Å². The Morgan fingerprint density at radius 3 is 3.00 bits per heavy atom. The number of aromatic carboxylic acids is 1. The Kier molecular flexibility index (Phi) is 3.13. The van der Waals surface area contributed by atoms with E-state index in [1.54, 1.807) is 6.07 Å². The van der Waals surface area contributed by atoms with Gasteiger partial charge >= 0.3 is 5.97 Å². The molecule has 1 aromatic heterocycles. The molecule has 1 N–H and O–H groups in total. The number of carbonyl (C=O) groups is 1. The fraction of sp³-hybridized carbons (Fsp3) is 0.214. The molecular formula is C14H13NO3S. The van der Waals surface area contributed by atoms with Crippen molar-refractivity contribution in [3.63, 3.8) is 0 Å². The second-order valence-corrected chi connectivity index (χ2v) is 5.26. The molecule has 0 unspecified atom stereocenters. The Morgan fingerprint density at radius 2 is 2.21 bits per heavy atom. The molecule has 1 aromatic carbocycles. The maximum Gasteiger partial charge on any atom is 0.345 e. The Balaban J connectivity index is 1.87. The summed E-state index contributed by atoms with van der Waals surface area (Å²) in [5.74, 6) is 0.0430. The van der Waals surface area contributed by atoms with Crippen LogP contribution in [0.15, 0.2) is 35.7 Å². The number of anilines is 1. The summed E-state index contributed by atoms with van der Waals surface area (Å²) in [5.41, 5.74) is 2.07. The van der Waals surface area contributed by atoms with Crippen LogP contribution < -0.4 is 9.64 Å². The molecule has 0 aliphatic carbocycles. The Morgan fingerprint density at radius 1 is 1.37 bits per heavy atom. The normalized spacial score (nSPS) is 14.4. The van der Waals surface area contributed by atoms with E-state index in [1.807, 2.05) is 29.6 Å². The Hall–Kier alpha value is -2.01. The third-order valence-corrected chi connectivity index (χ3v) is 4.02. The zero-order valence-corrected chi connectivity index (χ0v) is 11.0. The lowest BCUT2D eigenvalue weighted by Gasteiger charge is -2.20. The maximum atomic E-state index is 10.9. The monoisotopic (exact) mass is 275 g/mol. The SMILES string of the molecule is O=C(O)c1cc(N2CCOc3ccccc3C2)cs1. The van der Waals surface area contributed by atoms with Crippen molar-refractivity contribution in [2.24, 2.45) is 0 Å². The molecule has 19 heavy (non-hydrogen) atoms. The fourth-order valence-electron chi connectivity index (χ4n) is 2.15. The predicted octanol–water partition coefficient (Wildman–Crippen LogP) is 2.85. The molecule has 0 spiro atoms. The number of para-hydroxylation sites is 1. The van der Waals surface area contributed by atoms with Crippen molar-refractivity contribution in [2.45, 2.75) is 6.54 Å². The van der Waals surface area contributed by atoms with Crippen molar-refractivity contribution in [1.82, 2.24) is 0 Å². The number of hydrogen-bond donors (Lipinski definition) is 1. The van der Waals surface area contributed by atoms with Gasteiger partial charge in [0.2, 0.25) is 0 Å². The molecular weight excluding hydrogens is 262 g/mol. The summed E-state index contributed by atoms with van der Waals surface area (Å²) in [7, 11) is 0. The fourth-order valence-corrected chi connectivity index (χ4v) is 2.90. The molecule has 0 saturated carbocycles. The van der Waals surface area contributed by atoms with E-state index in [1.165, 1.54) is 11.3 Å². The van der Waals surface area contributed by atoms with Crippen LogP contribution in [0.25, 0.3) is 0 Å². The smallest absolute Gasteiger partial charge is 0.345 e. The molecule has 1 aliphatic heterocycles. The molecule has 0 amide bonds. The van der Waals surface area contributed by atoms with Gasteiger partial charge in [-0.15, -0.1) is 11.3 Å². The molecule has 0 fully saturated rings. The molecule has 0 atom stereocenters. The highest BCUT2D eigenvalue weighted by Gasteiger charge is 2.17. The molecule has 0 radical (unpaired) electrons. The number of fused-ring (bicyclic) bond motifs is 1. The Bertz CT molecular complexity index is 608. The van der Waals surface area contributed by atoms with Crippen molar-refractivity contribution < 1.29 is 14.6 Å². The van der Waals surface area contributed by atoms with Gasteiger partial charge in [-0.25, -0.2) is 4.79 Å². The first-order chi connectivity index (χ1) is 9.24. The summed E-state index contributed by atoms with van der Waals surface area (Å²) >= 11 is 1.26. The number of thiophene rings is 1. The van der Waals surface area contributed by atoms with Gasteiger partial charge in [-0.1, -0.05) is 18.2 Å². The largest absolute Gasteiger partial charge is 0.491 e. The van der Waals surface area contributed by atoms with Crippen LogP contribution in [0.3, 0.4) is 0 Å². The molecule has 1 aliphatic rings. The average molecular weight is 275 g/mol. The molecule has 5 heteroatoms. The van der Waals surface area contributed by atoms with Crippen LogP contribution in [0.1, 0.15) is 15.2 Å². The lowest BCUT2D eigenvalue weighted by Crippen LogP contribution is -2.24. The van der Waals surface area contributed by atoms with Gasteiger partial charge in [0.25, 0.3) is 0 Å². The van der Waals surface area contributed by atoms with E-state index in [2.05, 4.69) is 4.90 Å². The van der Waals surface area contributed by atoms with E-state index < -0.39 is 5.97 Å². The van der Waals surface area contributed by atoms with Gasteiger partial charge in [0.15, 0.2) is 0 Å². The van der Waals surface area contributed by atoms with Crippen molar-refractivity contribution in [3.8, 4) is 5.75 Å². The third-order valence-electron chi connectivity index (χ3n) is 3.11. The van der Waals surface area contributed by atoms with Crippen LogP contribution in [0.5, 0.6) is 5.75 Å². The van der Waals surface area contributed by atoms with Crippen LogP contribution in [0.2, 0.25) is 0 Å². The highest BCUT2D eigenvalue weighted by atomic mass is 32.1. The van der Waals surface area contributed by atoms with Crippen molar-refractivity contribution in [2.75, 3.05) is 18.1 Å². The van der Waals surface area contributed by atoms with Crippen LogP contribution in [0.4, 0.5) is 5.69 Å². The lowest BCUT2D eigenvalue weighted by atomic mass is 10.2. The predicted molar refractivity (Wildman–Crippen MR) is 74.3 cm³/mol. The average Bonchev–Trinajstić information content (AvgIpc) is 2.80. The first kappa shape index (κ1) is 12.0. The third kappa shape index (κ3) is 2.42. The van der Waals surface area contributed by atoms with Gasteiger partial charge in [0.1, 0.15) is 17.2 Å². The van der Waals surface area contributed by atoms with Crippen LogP contribution >= 0.6 is 11.3 Å². The minimum Gasteiger partial charge on any atom is -0.491 e. The van der Waals surface area contributed by atoms with Crippen molar-refractivity contribution in [3.05, 3.63) is 46.2 Å². The highest BCUT2D eigenvalue weighted by molar-refractivity contribution is 7.12. The highest BCUT2D eigenvalue weighted by Crippen LogP contribution is 2.29. The van der Waals surface area contributed by atoms with E-state index in [9.17, 15) is 4.79 Å². The van der Waals surface area contributed by atoms with E-state index in [0.717, 1.165) is 30.1 Å². The van der Waals surface area contributed by atoms with Crippen LogP contribution in [-0.2, 0) is 6.54 Å². The minimum atomic E-state index is -0.872. The summed E-state index contributed by atoms with van der Waals surface area (Å²) in [4.78, 5) is 13.4. The minimum absolute atomic E-state index is 0.369. The number of carboxylic acid groups (broad SMARTS) is 1. The quantitative estimate of drug-likeness (QED) is 0.915. The molecule has 2 heterocycles. The van der Waals surface area contributed by atoms with Crippen LogP contribution in [0, 0.1) is 0 Å². The lowest BCUT2D eigenvalue weighted by molar-refractivity contribution is 0.0702. The molecule has 4 nitrogen and oxygen atoms in total. The number of rotatable bonds is 2. The van der Waals surface area contributed by atoms with Gasteiger partial charge in [0, 0.05) is 23.2 Å². The summed E-state index contributed by atoms with van der Waals surface area (Å²) in [6.45, 7) is 2.10. The van der Waals surface area contributed by atoms with Gasteiger partial charge in [-0.3, -0.25) is 0 Å². The van der Waals surface area contributed by atoms with E-state index in [0.29, 0.717) is 11.5 Å². The standard InChI is InChI=1S/C14H13NO3S/c16-14(17)13-7-11(9-19-13)15-5-6-18-12-4-2-1-3-10(12)8-15/h1-4,7,9H,5-6,8H2,(H,16,17). The van der Waals surface area contributed by atoms with Gasteiger partial charge < -0.3 is 14.7 Å². The molecule has 3 rings (SSSR count). The topological polar surface area (TPSA) is 49.8 Å². The van der Waals surface area contributed by atoms with Gasteiger partial charge in [0.05, 0.1) is 6.54 Å². The van der Waals surface area contributed by atoms with Gasteiger partial charge in [-0.05, 0) is 12.1 Å². The van der Waals surface area contributed by atoms with E-state index in [-0.39, 0.29) is 0 Å². The summed E-state index contributed by atoms with van der Waals surface area (Å²) in [6.07, 6.45) is 0. The summed E-state index contributed by atoms with van der Waals surface area (Å²) < 4.78 is 5.70. The second kappa shape index (κ2) is 4.93. The molecule has 98 valence electrons. The van der Waals surface area contributed by atoms with E-state index >= 15 is 0 Å². The number of nitrogens with zero attached hydrogens (tertiary/aromatic N) is 1. The van der Waals surface area contributed by atoms with E-state index in [4.69, 9.17) is 9.84 Å². The zero-order valence-electron chi connectivity index (χ0n) is 10.2. The number of ether oxygens (including phenoxy) is 1. The molecule has 2 aromatic rings. The first-order valence-corrected chi connectivity index (χ1v) is 6.89. The van der Waals surface area contributed by atoms with Crippen LogP contribution in [-0.4, -0.2) is 24.2 Å². The van der Waals surface area contributed by atoms with Crippen molar-refractivity contribution >= 4 is 23.0 Å². The number of carboxylic acids is 1. The van der Waals surface area contributed by atoms with Crippen molar-refractivity contribution in [1.29, 1.82) is 0 Å². The summed E-state index contributed by atoms with van der Waals surface area (Å²) in [6, 6.07) is 9.68. The number of hydrogen-bond acceptors (Lipinski definition) is 4. The molecule has 0 saturated heterocycles.